The van der Waals surface area contributed by atoms with Gasteiger partial charge >= 0.3 is 0 Å². The lowest BCUT2D eigenvalue weighted by atomic mass is 10.0. The van der Waals surface area contributed by atoms with Crippen LogP contribution in [0.1, 0.15) is 11.5 Å². The fraction of sp³-hybridized carbons (Fsp3) is 0.200. The molecular weight excluding hydrogens is 308 g/mol. The maximum absolute atomic E-state index is 5.82. The monoisotopic (exact) mass is 322 g/mol. The molecule has 1 nitrogen and oxygen atoms in total. The van der Waals surface area contributed by atoms with Crippen molar-refractivity contribution in [2.24, 2.45) is 0 Å². The number of hydrogen-bond donors (Lipinski definition) is 1. The highest BCUT2D eigenvalue weighted by Crippen LogP contribution is 2.21. The Labute approximate surface area is 122 Å². The molecule has 0 aliphatic heterocycles. The molecule has 18 heavy (non-hydrogen) atoms. The number of rotatable bonds is 5. The van der Waals surface area contributed by atoms with E-state index in [1.807, 2.05) is 42.5 Å². The second-order valence-corrected chi connectivity index (χ2v) is 5.34. The predicted molar refractivity (Wildman–Crippen MR) is 82.7 cm³/mol. The lowest BCUT2D eigenvalue weighted by molar-refractivity contribution is 0.297. The van der Waals surface area contributed by atoms with E-state index in [9.17, 15) is 0 Å². The first-order valence-electron chi connectivity index (χ1n) is 5.84. The molecule has 0 spiro atoms. The van der Waals surface area contributed by atoms with Crippen LogP contribution in [0.3, 0.4) is 0 Å². The maximum Gasteiger partial charge on any atom is 0.120 e. The molecule has 3 heteroatoms. The Bertz CT molecular complexity index is 487. The summed E-state index contributed by atoms with van der Waals surface area (Å²) in [6, 6.07) is 18.2. The molecule has 94 valence electrons. The number of hydrogen-bond acceptors (Lipinski definition) is 2. The van der Waals surface area contributed by atoms with Gasteiger partial charge in [-0.2, -0.15) is 12.6 Å². The number of halogens is 1. The van der Waals surface area contributed by atoms with E-state index in [0.29, 0.717) is 12.5 Å². The minimum atomic E-state index is 0.313. The van der Waals surface area contributed by atoms with E-state index >= 15 is 0 Å². The van der Waals surface area contributed by atoms with Gasteiger partial charge in [-0.05, 0) is 23.8 Å². The van der Waals surface area contributed by atoms with Crippen LogP contribution in [-0.4, -0.2) is 12.4 Å². The molecule has 0 bridgehead atoms. The van der Waals surface area contributed by atoms with Crippen molar-refractivity contribution in [3.63, 3.8) is 0 Å². The highest BCUT2D eigenvalue weighted by molar-refractivity contribution is 9.10. The summed E-state index contributed by atoms with van der Waals surface area (Å²) in [6.45, 7) is 0.643. The molecule has 1 atom stereocenters. The van der Waals surface area contributed by atoms with Crippen molar-refractivity contribution in [3.05, 3.63) is 64.6 Å². The van der Waals surface area contributed by atoms with Crippen molar-refractivity contribution >= 4 is 28.6 Å². The van der Waals surface area contributed by atoms with Crippen LogP contribution in [0.15, 0.2) is 59.1 Å². The zero-order valence-corrected chi connectivity index (χ0v) is 12.4. The van der Waals surface area contributed by atoms with E-state index in [2.05, 4.69) is 40.7 Å². The van der Waals surface area contributed by atoms with Crippen molar-refractivity contribution in [1.82, 2.24) is 0 Å². The molecule has 0 aromatic heterocycles. The first kappa shape index (κ1) is 13.5. The standard InChI is InChI=1S/C15H15BrOS/c16-14-7-4-8-15(9-14)17-10-13(11-18)12-5-2-1-3-6-12/h1-9,13,18H,10-11H2. The van der Waals surface area contributed by atoms with Gasteiger partial charge in [0.1, 0.15) is 5.75 Å². The molecule has 2 rings (SSSR count). The summed E-state index contributed by atoms with van der Waals surface area (Å²) in [5.74, 6) is 1.97. The van der Waals surface area contributed by atoms with E-state index < -0.39 is 0 Å². The van der Waals surface area contributed by atoms with E-state index in [1.165, 1.54) is 5.56 Å². The van der Waals surface area contributed by atoms with Gasteiger partial charge in [0.25, 0.3) is 0 Å². The van der Waals surface area contributed by atoms with Gasteiger partial charge in [-0.3, -0.25) is 0 Å². The highest BCUT2D eigenvalue weighted by atomic mass is 79.9. The Kier molecular flexibility index (Phi) is 5.14. The quantitative estimate of drug-likeness (QED) is 0.795. The molecule has 0 aliphatic carbocycles. The van der Waals surface area contributed by atoms with Crippen LogP contribution < -0.4 is 4.74 Å². The van der Waals surface area contributed by atoms with Gasteiger partial charge in [-0.1, -0.05) is 52.3 Å². The molecule has 0 aliphatic rings. The second-order valence-electron chi connectivity index (χ2n) is 4.06. The molecule has 0 radical (unpaired) electrons. The van der Waals surface area contributed by atoms with Gasteiger partial charge in [0.2, 0.25) is 0 Å². The Morgan fingerprint density at radius 2 is 1.83 bits per heavy atom. The Hall–Kier alpha value is -0.930. The normalized spacial score (nSPS) is 12.1. The van der Waals surface area contributed by atoms with Crippen molar-refractivity contribution in [3.8, 4) is 5.75 Å². The zero-order valence-electron chi connectivity index (χ0n) is 9.92. The molecule has 0 heterocycles. The minimum absolute atomic E-state index is 0.313. The summed E-state index contributed by atoms with van der Waals surface area (Å²) in [6.07, 6.45) is 0. The lowest BCUT2D eigenvalue weighted by Crippen LogP contribution is -2.11. The van der Waals surface area contributed by atoms with Gasteiger partial charge in [-0.25, -0.2) is 0 Å². The predicted octanol–water partition coefficient (Wildman–Crippen LogP) is 4.54. The summed E-state index contributed by atoms with van der Waals surface area (Å²) in [4.78, 5) is 0. The molecular formula is C15H15BrOS. The number of thiol groups is 1. The van der Waals surface area contributed by atoms with E-state index in [1.54, 1.807) is 0 Å². The van der Waals surface area contributed by atoms with Gasteiger partial charge in [0, 0.05) is 16.1 Å². The SMILES string of the molecule is SCC(COc1cccc(Br)c1)c1ccccc1. The summed E-state index contributed by atoms with van der Waals surface area (Å²) in [7, 11) is 0. The average molecular weight is 323 g/mol. The number of ether oxygens (including phenoxy) is 1. The molecule has 2 aromatic carbocycles. The summed E-state index contributed by atoms with van der Waals surface area (Å²) < 4.78 is 6.85. The number of benzene rings is 2. The third-order valence-corrected chi connectivity index (χ3v) is 3.67. The summed E-state index contributed by atoms with van der Waals surface area (Å²) >= 11 is 7.84. The van der Waals surface area contributed by atoms with E-state index in [-0.39, 0.29) is 0 Å². The molecule has 0 saturated heterocycles. The largest absolute Gasteiger partial charge is 0.493 e. The van der Waals surface area contributed by atoms with Gasteiger partial charge in [0.05, 0.1) is 6.61 Å². The summed E-state index contributed by atoms with van der Waals surface area (Å²) in [5, 5.41) is 0. The minimum Gasteiger partial charge on any atom is -0.493 e. The van der Waals surface area contributed by atoms with Crippen molar-refractivity contribution in [1.29, 1.82) is 0 Å². The Balaban J connectivity index is 2.00. The fourth-order valence-electron chi connectivity index (χ4n) is 1.73. The van der Waals surface area contributed by atoms with E-state index in [4.69, 9.17) is 4.74 Å². The Morgan fingerprint density at radius 3 is 2.50 bits per heavy atom. The third-order valence-electron chi connectivity index (χ3n) is 2.74. The van der Waals surface area contributed by atoms with Crippen LogP contribution in [0.2, 0.25) is 0 Å². The van der Waals surface area contributed by atoms with Crippen molar-refractivity contribution < 1.29 is 4.74 Å². The van der Waals surface area contributed by atoms with E-state index in [0.717, 1.165) is 16.0 Å². The molecule has 0 N–H and O–H groups in total. The second kappa shape index (κ2) is 6.86. The molecule has 2 aromatic rings. The van der Waals surface area contributed by atoms with Crippen molar-refractivity contribution in [2.45, 2.75) is 5.92 Å². The van der Waals surface area contributed by atoms with Crippen LogP contribution >= 0.6 is 28.6 Å². The highest BCUT2D eigenvalue weighted by Gasteiger charge is 2.10. The van der Waals surface area contributed by atoms with Crippen LogP contribution in [0.4, 0.5) is 0 Å². The first-order chi connectivity index (χ1) is 8.79. The van der Waals surface area contributed by atoms with Crippen LogP contribution in [0.5, 0.6) is 5.75 Å². The lowest BCUT2D eigenvalue weighted by Gasteiger charge is -2.16. The van der Waals surface area contributed by atoms with Crippen molar-refractivity contribution in [2.75, 3.05) is 12.4 Å². The van der Waals surface area contributed by atoms with Gasteiger partial charge in [-0.15, -0.1) is 0 Å². The Morgan fingerprint density at radius 1 is 1.06 bits per heavy atom. The fourth-order valence-corrected chi connectivity index (χ4v) is 2.43. The smallest absolute Gasteiger partial charge is 0.120 e. The van der Waals surface area contributed by atoms with Gasteiger partial charge < -0.3 is 4.74 Å². The summed E-state index contributed by atoms with van der Waals surface area (Å²) in [5.41, 5.74) is 1.27. The van der Waals surface area contributed by atoms with Gasteiger partial charge in [0.15, 0.2) is 0 Å². The molecule has 1 unspecified atom stereocenters. The van der Waals surface area contributed by atoms with Crippen LogP contribution in [-0.2, 0) is 0 Å². The molecule has 0 fully saturated rings. The van der Waals surface area contributed by atoms with Crippen LogP contribution in [0, 0.1) is 0 Å². The molecule has 0 amide bonds. The first-order valence-corrected chi connectivity index (χ1v) is 7.26. The maximum atomic E-state index is 5.82. The zero-order chi connectivity index (χ0) is 12.8. The third kappa shape index (κ3) is 3.79. The average Bonchev–Trinajstić information content (AvgIpc) is 2.41. The molecule has 0 saturated carbocycles. The van der Waals surface area contributed by atoms with Crippen LogP contribution in [0.25, 0.3) is 0 Å². The topological polar surface area (TPSA) is 9.23 Å².